The Morgan fingerprint density at radius 3 is 2.07 bits per heavy atom. The van der Waals surface area contributed by atoms with Crippen molar-refractivity contribution in [2.24, 2.45) is 0 Å². The van der Waals surface area contributed by atoms with E-state index in [4.69, 9.17) is 4.74 Å². The van der Waals surface area contributed by atoms with Crippen molar-refractivity contribution < 1.29 is 4.74 Å². The lowest BCUT2D eigenvalue weighted by molar-refractivity contribution is 0.414. The lowest BCUT2D eigenvalue weighted by atomic mass is 9.77. The molecule has 0 amide bonds. The van der Waals surface area contributed by atoms with Crippen LogP contribution in [0.3, 0.4) is 0 Å². The molecule has 0 atom stereocenters. The largest absolute Gasteiger partial charge is 0.497 e. The number of hydrogen-bond donors (Lipinski definition) is 0. The quantitative estimate of drug-likeness (QED) is 0.752. The molecule has 0 aromatic heterocycles. The van der Waals surface area contributed by atoms with Crippen LogP contribution in [0.2, 0.25) is 0 Å². The average molecular weight is 203 g/mol. The van der Waals surface area contributed by atoms with E-state index in [9.17, 15) is 5.26 Å². The highest BCUT2D eigenvalue weighted by atomic mass is 16.5. The van der Waals surface area contributed by atoms with Gasteiger partial charge in [0.05, 0.1) is 18.6 Å². The molecule has 1 aromatic rings. The van der Waals surface area contributed by atoms with E-state index in [-0.39, 0.29) is 5.41 Å². The molecule has 80 valence electrons. The van der Waals surface area contributed by atoms with Gasteiger partial charge in [0.25, 0.3) is 0 Å². The molecule has 0 N–H and O–H groups in total. The second kappa shape index (κ2) is 4.84. The number of hydrogen-bond acceptors (Lipinski definition) is 2. The smallest absolute Gasteiger partial charge is 0.118 e. The summed E-state index contributed by atoms with van der Waals surface area (Å²) < 4.78 is 5.10. The Labute approximate surface area is 91.5 Å². The summed E-state index contributed by atoms with van der Waals surface area (Å²) >= 11 is 0. The standard InChI is InChI=1S/C13H17NO/c1-4-13(5-2,10-14)11-6-8-12(15-3)9-7-11/h6-9H,4-5H2,1-3H3. The fraction of sp³-hybridized carbons (Fsp3) is 0.462. The summed E-state index contributed by atoms with van der Waals surface area (Å²) in [7, 11) is 1.65. The van der Waals surface area contributed by atoms with Crippen molar-refractivity contribution in [3.8, 4) is 11.8 Å². The SMILES string of the molecule is CCC(C#N)(CC)c1ccc(OC)cc1. The van der Waals surface area contributed by atoms with E-state index in [0.717, 1.165) is 24.2 Å². The van der Waals surface area contributed by atoms with Crippen molar-refractivity contribution in [2.75, 3.05) is 7.11 Å². The van der Waals surface area contributed by atoms with E-state index in [1.165, 1.54) is 0 Å². The average Bonchev–Trinajstić information content (AvgIpc) is 2.33. The summed E-state index contributed by atoms with van der Waals surface area (Å²) in [6.07, 6.45) is 1.68. The molecule has 1 rings (SSSR count). The Morgan fingerprint density at radius 1 is 1.20 bits per heavy atom. The first kappa shape index (κ1) is 11.6. The molecule has 0 aliphatic rings. The van der Waals surface area contributed by atoms with Gasteiger partial charge in [-0.1, -0.05) is 26.0 Å². The van der Waals surface area contributed by atoms with Crippen molar-refractivity contribution in [1.82, 2.24) is 0 Å². The van der Waals surface area contributed by atoms with Gasteiger partial charge < -0.3 is 4.74 Å². The van der Waals surface area contributed by atoms with Gasteiger partial charge in [-0.05, 0) is 30.5 Å². The van der Waals surface area contributed by atoms with Crippen molar-refractivity contribution in [2.45, 2.75) is 32.1 Å². The normalized spacial score (nSPS) is 10.8. The number of benzene rings is 1. The van der Waals surface area contributed by atoms with Gasteiger partial charge in [0.2, 0.25) is 0 Å². The number of nitrogens with zero attached hydrogens (tertiary/aromatic N) is 1. The van der Waals surface area contributed by atoms with E-state index in [2.05, 4.69) is 19.9 Å². The third-order valence-corrected chi connectivity index (χ3v) is 3.06. The number of ether oxygens (including phenoxy) is 1. The summed E-state index contributed by atoms with van der Waals surface area (Å²) in [4.78, 5) is 0. The van der Waals surface area contributed by atoms with Gasteiger partial charge in [0.15, 0.2) is 0 Å². The molecule has 0 heterocycles. The minimum atomic E-state index is -0.341. The van der Waals surface area contributed by atoms with Crippen LogP contribution in [0.25, 0.3) is 0 Å². The molecular formula is C13H17NO. The van der Waals surface area contributed by atoms with Crippen LogP contribution in [0.1, 0.15) is 32.3 Å². The molecule has 15 heavy (non-hydrogen) atoms. The van der Waals surface area contributed by atoms with Crippen LogP contribution in [-0.2, 0) is 5.41 Å². The first-order valence-corrected chi connectivity index (χ1v) is 5.28. The second-order valence-corrected chi connectivity index (χ2v) is 3.63. The van der Waals surface area contributed by atoms with E-state index in [0.29, 0.717) is 0 Å². The lowest BCUT2D eigenvalue weighted by Gasteiger charge is -2.23. The third kappa shape index (κ3) is 2.12. The fourth-order valence-electron chi connectivity index (χ4n) is 1.79. The van der Waals surface area contributed by atoms with Gasteiger partial charge in [-0.2, -0.15) is 5.26 Å². The third-order valence-electron chi connectivity index (χ3n) is 3.06. The van der Waals surface area contributed by atoms with E-state index >= 15 is 0 Å². The highest BCUT2D eigenvalue weighted by Gasteiger charge is 2.27. The summed E-state index contributed by atoms with van der Waals surface area (Å²) in [5, 5.41) is 9.28. The van der Waals surface area contributed by atoms with Gasteiger partial charge in [0, 0.05) is 0 Å². The van der Waals surface area contributed by atoms with Crippen LogP contribution in [0.4, 0.5) is 0 Å². The molecule has 0 bridgehead atoms. The van der Waals surface area contributed by atoms with Crippen molar-refractivity contribution >= 4 is 0 Å². The molecule has 0 radical (unpaired) electrons. The zero-order chi connectivity index (χ0) is 11.3. The monoisotopic (exact) mass is 203 g/mol. The highest BCUT2D eigenvalue weighted by Crippen LogP contribution is 2.31. The Bertz CT molecular complexity index is 344. The van der Waals surface area contributed by atoms with Gasteiger partial charge in [-0.25, -0.2) is 0 Å². The van der Waals surface area contributed by atoms with Crippen LogP contribution in [0.5, 0.6) is 5.75 Å². The molecule has 2 heteroatoms. The number of methoxy groups -OCH3 is 1. The molecule has 0 spiro atoms. The Kier molecular flexibility index (Phi) is 3.74. The van der Waals surface area contributed by atoms with Gasteiger partial charge >= 0.3 is 0 Å². The molecule has 2 nitrogen and oxygen atoms in total. The van der Waals surface area contributed by atoms with Gasteiger partial charge in [-0.15, -0.1) is 0 Å². The number of nitriles is 1. The highest BCUT2D eigenvalue weighted by molar-refractivity contribution is 5.36. The lowest BCUT2D eigenvalue weighted by Crippen LogP contribution is -2.21. The predicted octanol–water partition coefficient (Wildman–Crippen LogP) is 3.28. The minimum Gasteiger partial charge on any atom is -0.497 e. The van der Waals surface area contributed by atoms with E-state index < -0.39 is 0 Å². The summed E-state index contributed by atoms with van der Waals surface area (Å²) in [6, 6.07) is 10.2. The Balaban J connectivity index is 3.08. The van der Waals surface area contributed by atoms with E-state index in [1.807, 2.05) is 24.3 Å². The van der Waals surface area contributed by atoms with E-state index in [1.54, 1.807) is 7.11 Å². The van der Waals surface area contributed by atoms with Crippen LogP contribution < -0.4 is 4.74 Å². The van der Waals surface area contributed by atoms with Crippen LogP contribution in [-0.4, -0.2) is 7.11 Å². The molecule has 0 fully saturated rings. The van der Waals surface area contributed by atoms with Gasteiger partial charge in [-0.3, -0.25) is 0 Å². The topological polar surface area (TPSA) is 33.0 Å². The molecule has 0 unspecified atom stereocenters. The predicted molar refractivity (Wildman–Crippen MR) is 60.9 cm³/mol. The molecule has 0 aliphatic heterocycles. The van der Waals surface area contributed by atoms with Crippen molar-refractivity contribution in [1.29, 1.82) is 5.26 Å². The Hall–Kier alpha value is -1.49. The van der Waals surface area contributed by atoms with Crippen LogP contribution in [0, 0.1) is 11.3 Å². The first-order valence-electron chi connectivity index (χ1n) is 5.28. The maximum absolute atomic E-state index is 9.28. The number of rotatable bonds is 4. The van der Waals surface area contributed by atoms with Gasteiger partial charge in [0.1, 0.15) is 5.75 Å². The Morgan fingerprint density at radius 2 is 1.73 bits per heavy atom. The summed E-state index contributed by atoms with van der Waals surface area (Å²) in [6.45, 7) is 4.11. The minimum absolute atomic E-state index is 0.341. The summed E-state index contributed by atoms with van der Waals surface area (Å²) in [5.74, 6) is 0.831. The molecule has 0 saturated carbocycles. The molecule has 1 aromatic carbocycles. The maximum atomic E-state index is 9.28. The first-order chi connectivity index (χ1) is 7.22. The maximum Gasteiger partial charge on any atom is 0.118 e. The van der Waals surface area contributed by atoms with Crippen molar-refractivity contribution in [3.63, 3.8) is 0 Å². The second-order valence-electron chi connectivity index (χ2n) is 3.63. The molecular weight excluding hydrogens is 186 g/mol. The zero-order valence-corrected chi connectivity index (χ0v) is 9.58. The van der Waals surface area contributed by atoms with Crippen LogP contribution in [0.15, 0.2) is 24.3 Å². The van der Waals surface area contributed by atoms with Crippen molar-refractivity contribution in [3.05, 3.63) is 29.8 Å². The summed E-state index contributed by atoms with van der Waals surface area (Å²) in [5.41, 5.74) is 0.738. The zero-order valence-electron chi connectivity index (χ0n) is 9.58. The fourth-order valence-corrected chi connectivity index (χ4v) is 1.79. The molecule has 0 aliphatic carbocycles. The molecule has 0 saturated heterocycles. The van der Waals surface area contributed by atoms with Crippen LogP contribution >= 0.6 is 0 Å².